The van der Waals surface area contributed by atoms with Crippen molar-refractivity contribution in [2.24, 2.45) is 7.05 Å². The smallest absolute Gasteiger partial charge is 0.341 e. The molecule has 0 aliphatic carbocycles. The molecule has 1 aliphatic rings. The van der Waals surface area contributed by atoms with Crippen LogP contribution in [-0.4, -0.2) is 86.7 Å². The zero-order valence-electron chi connectivity index (χ0n) is 26.7. The van der Waals surface area contributed by atoms with Crippen LogP contribution < -0.4 is 10.9 Å². The van der Waals surface area contributed by atoms with E-state index in [2.05, 4.69) is 24.5 Å². The van der Waals surface area contributed by atoms with Gasteiger partial charge in [-0.15, -0.1) is 0 Å². The maximum atomic E-state index is 14.1. The van der Waals surface area contributed by atoms with Gasteiger partial charge in [0, 0.05) is 33.0 Å². The fourth-order valence-electron chi connectivity index (χ4n) is 6.03. The zero-order chi connectivity index (χ0) is 34.3. The first-order valence-corrected chi connectivity index (χ1v) is 15.1. The Bertz CT molecular complexity index is 1900. The number of piperidine rings is 1. The number of likely N-dealkylation sites (tertiary alicyclic amines) is 1. The van der Waals surface area contributed by atoms with Gasteiger partial charge in [0.2, 0.25) is 5.91 Å². The van der Waals surface area contributed by atoms with Crippen LogP contribution in [0, 0.1) is 11.3 Å². The number of aromatic nitrogens is 4. The number of carbonyl (C=O) groups is 2. The number of nitriles is 1. The highest BCUT2D eigenvalue weighted by atomic mass is 19.4. The summed E-state index contributed by atoms with van der Waals surface area (Å²) in [5, 5.41) is 16.3. The summed E-state index contributed by atoms with van der Waals surface area (Å²) in [6, 6.07) is 13.3. The number of quaternary nitrogens is 1. The molecule has 1 atom stereocenters. The molecule has 4 aromatic rings. The molecule has 246 valence electrons. The fourth-order valence-corrected chi connectivity index (χ4v) is 6.03. The first-order chi connectivity index (χ1) is 22.1. The second kappa shape index (κ2) is 12.6. The van der Waals surface area contributed by atoms with Crippen LogP contribution in [0.2, 0.25) is 0 Å². The Hall–Kier alpha value is -5.16. The van der Waals surface area contributed by atoms with Crippen LogP contribution in [0.4, 0.5) is 13.2 Å². The summed E-state index contributed by atoms with van der Waals surface area (Å²) < 4.78 is 45.5. The van der Waals surface area contributed by atoms with Crippen molar-refractivity contribution in [2.75, 3.05) is 34.2 Å². The summed E-state index contributed by atoms with van der Waals surface area (Å²) in [4.78, 5) is 43.1. The van der Waals surface area contributed by atoms with Crippen LogP contribution in [0.1, 0.15) is 41.3 Å². The van der Waals surface area contributed by atoms with Crippen molar-refractivity contribution in [3.63, 3.8) is 0 Å². The van der Waals surface area contributed by atoms with Crippen LogP contribution in [-0.2, 0) is 18.0 Å². The minimum atomic E-state index is -4.67. The molecule has 0 spiro atoms. The normalized spacial score (nSPS) is 15.6. The van der Waals surface area contributed by atoms with Gasteiger partial charge >= 0.3 is 6.18 Å². The first-order valence-electron chi connectivity index (χ1n) is 15.1. The summed E-state index contributed by atoms with van der Waals surface area (Å²) in [6.07, 6.45) is -1.61. The van der Waals surface area contributed by atoms with E-state index in [9.17, 15) is 32.8 Å². The third-order valence-corrected chi connectivity index (χ3v) is 8.79. The van der Waals surface area contributed by atoms with E-state index in [4.69, 9.17) is 0 Å². The van der Waals surface area contributed by atoms with E-state index >= 15 is 0 Å². The van der Waals surface area contributed by atoms with Crippen molar-refractivity contribution in [1.29, 1.82) is 5.26 Å². The van der Waals surface area contributed by atoms with E-state index in [0.717, 1.165) is 47.2 Å². The molecule has 14 heteroatoms. The molecule has 0 radical (unpaired) electrons. The summed E-state index contributed by atoms with van der Waals surface area (Å²) in [7, 11) is 7.43. The molecule has 0 saturated carbocycles. The summed E-state index contributed by atoms with van der Waals surface area (Å²) in [6.45, 7) is 3.34. The lowest BCUT2D eigenvalue weighted by Gasteiger charge is -2.40. The number of likely N-dealkylation sites (N-methyl/N-ethyl adjacent to an activating group) is 1. The maximum Gasteiger partial charge on any atom is 0.416 e. The molecular formula is C33H36F3N8O3+. The van der Waals surface area contributed by atoms with Gasteiger partial charge in [-0.05, 0) is 55.5 Å². The third kappa shape index (κ3) is 6.57. The van der Waals surface area contributed by atoms with Gasteiger partial charge in [-0.3, -0.25) is 19.1 Å². The largest absolute Gasteiger partial charge is 0.416 e. The number of benzene rings is 2. The maximum absolute atomic E-state index is 14.1. The molecule has 5 rings (SSSR count). The first kappa shape index (κ1) is 33.2. The fraction of sp³-hybridized carbons (Fsp3) is 0.364. The number of alkyl halides is 3. The number of rotatable bonds is 7. The molecule has 2 aromatic carbocycles. The quantitative estimate of drug-likeness (QED) is 0.306. The lowest BCUT2D eigenvalue weighted by atomic mass is 10.0. The summed E-state index contributed by atoms with van der Waals surface area (Å²) in [5.41, 5.74) is -1.08. The molecule has 11 nitrogen and oxygen atoms in total. The van der Waals surface area contributed by atoms with Crippen molar-refractivity contribution in [3.8, 4) is 28.8 Å². The van der Waals surface area contributed by atoms with Crippen molar-refractivity contribution in [1.82, 2.24) is 29.4 Å². The van der Waals surface area contributed by atoms with Crippen molar-refractivity contribution in [3.05, 3.63) is 87.8 Å². The molecule has 47 heavy (non-hydrogen) atoms. The van der Waals surface area contributed by atoms with E-state index in [1.165, 1.54) is 41.7 Å². The van der Waals surface area contributed by atoms with E-state index in [1.54, 1.807) is 42.3 Å². The Kier molecular flexibility index (Phi) is 8.87. The Labute approximate surface area is 269 Å². The molecule has 2 aromatic heterocycles. The van der Waals surface area contributed by atoms with Crippen molar-refractivity contribution < 1.29 is 27.2 Å². The molecule has 1 saturated heterocycles. The van der Waals surface area contributed by atoms with Crippen LogP contribution in [0.15, 0.2) is 65.6 Å². The van der Waals surface area contributed by atoms with Gasteiger partial charge in [-0.2, -0.15) is 23.5 Å². The minimum Gasteiger partial charge on any atom is -0.341 e. The third-order valence-electron chi connectivity index (χ3n) is 8.79. The average Bonchev–Trinajstić information content (AvgIpc) is 3.61. The number of amides is 2. The van der Waals surface area contributed by atoms with Crippen LogP contribution in [0.5, 0.6) is 0 Å². The Balaban J connectivity index is 1.57. The molecule has 1 N–H and O–H groups in total. The SMILES string of the molecule is CC(NC(=O)c1c(-c2ccnn2-c2ccc(C#N)cc2)n(C)n(-c2cccc(C(F)(F)F)c2)c1=O)C(=O)N(C)C1CC[N+](C)(C)CC1. The predicted octanol–water partition coefficient (Wildman–Crippen LogP) is 3.73. The summed E-state index contributed by atoms with van der Waals surface area (Å²) >= 11 is 0. The molecular weight excluding hydrogens is 613 g/mol. The topological polar surface area (TPSA) is 118 Å². The van der Waals surface area contributed by atoms with E-state index in [-0.39, 0.29) is 34.6 Å². The van der Waals surface area contributed by atoms with Gasteiger partial charge in [0.1, 0.15) is 17.3 Å². The van der Waals surface area contributed by atoms with Crippen molar-refractivity contribution in [2.45, 2.75) is 38.0 Å². The lowest BCUT2D eigenvalue weighted by molar-refractivity contribution is -0.895. The van der Waals surface area contributed by atoms with E-state index in [0.29, 0.717) is 11.3 Å². The standard InChI is InChI=1S/C33H35F3N8O3/c1-21(31(46)40(2)24-14-17-44(4,5)18-15-24)39-30(45)28-29(27-13-16-38-42(27)25-11-9-22(20-37)10-12-25)41(3)43(32(28)47)26-8-6-7-23(19-26)33(34,35)36/h6-13,16,19,21,24H,14-15,17-18H2,1-5H3/p+1. The number of nitrogens with zero attached hydrogens (tertiary/aromatic N) is 7. The van der Waals surface area contributed by atoms with Gasteiger partial charge in [-0.25, -0.2) is 9.36 Å². The average molecular weight is 650 g/mol. The van der Waals surface area contributed by atoms with E-state index < -0.39 is 29.2 Å². The Morgan fingerprint density at radius 2 is 1.74 bits per heavy atom. The van der Waals surface area contributed by atoms with Gasteiger partial charge in [0.15, 0.2) is 0 Å². The molecule has 2 amide bonds. The minimum absolute atomic E-state index is 0.000183. The molecule has 0 bridgehead atoms. The van der Waals surface area contributed by atoms with Crippen LogP contribution in [0.3, 0.4) is 0 Å². The molecule has 3 heterocycles. The van der Waals surface area contributed by atoms with Gasteiger partial charge in [0.05, 0.1) is 67.6 Å². The highest BCUT2D eigenvalue weighted by Gasteiger charge is 2.35. The highest BCUT2D eigenvalue weighted by molar-refractivity contribution is 6.02. The Morgan fingerprint density at radius 3 is 2.36 bits per heavy atom. The van der Waals surface area contributed by atoms with Crippen molar-refractivity contribution >= 4 is 11.8 Å². The highest BCUT2D eigenvalue weighted by Crippen LogP contribution is 2.31. The van der Waals surface area contributed by atoms with Gasteiger partial charge in [-0.1, -0.05) is 6.07 Å². The second-order valence-electron chi connectivity index (χ2n) is 12.5. The molecule has 1 fully saturated rings. The van der Waals surface area contributed by atoms with Crippen LogP contribution in [0.25, 0.3) is 22.8 Å². The number of hydrogen-bond acceptors (Lipinski definition) is 5. The van der Waals surface area contributed by atoms with Gasteiger partial charge in [0.25, 0.3) is 11.5 Å². The zero-order valence-corrected chi connectivity index (χ0v) is 26.7. The second-order valence-corrected chi connectivity index (χ2v) is 12.5. The monoisotopic (exact) mass is 649 g/mol. The van der Waals surface area contributed by atoms with Gasteiger partial charge < -0.3 is 14.7 Å². The number of hydrogen-bond donors (Lipinski definition) is 1. The predicted molar refractivity (Wildman–Crippen MR) is 168 cm³/mol. The lowest BCUT2D eigenvalue weighted by Crippen LogP contribution is -2.55. The molecule has 1 unspecified atom stereocenters. The summed E-state index contributed by atoms with van der Waals surface area (Å²) in [5.74, 6) is -1.19. The number of carbonyl (C=O) groups excluding carboxylic acids is 2. The number of halogens is 3. The van der Waals surface area contributed by atoms with E-state index in [1.807, 2.05) is 6.07 Å². The number of nitrogens with one attached hydrogen (secondary N) is 1. The molecule has 1 aliphatic heterocycles. The Morgan fingerprint density at radius 1 is 1.09 bits per heavy atom. The van der Waals surface area contributed by atoms with Crippen LogP contribution >= 0.6 is 0 Å².